The number of methoxy groups -OCH3 is 6. The topological polar surface area (TPSA) is 73.2 Å². The molecule has 0 amide bonds. The fourth-order valence-electron chi connectivity index (χ4n) is 4.00. The van der Waals surface area contributed by atoms with Gasteiger partial charge in [0.1, 0.15) is 17.8 Å². The highest BCUT2D eigenvalue weighted by Crippen LogP contribution is 2.42. The molecule has 1 aromatic heterocycles. The molecule has 0 unspecified atom stereocenters. The van der Waals surface area contributed by atoms with Gasteiger partial charge < -0.3 is 28.4 Å². The molecule has 0 saturated heterocycles. The van der Waals surface area contributed by atoms with Crippen LogP contribution in [0, 0.1) is 5.82 Å². The molecule has 8 nitrogen and oxygen atoms in total. The summed E-state index contributed by atoms with van der Waals surface area (Å²) in [6.07, 6.45) is 1.65. The van der Waals surface area contributed by atoms with E-state index >= 15 is 0 Å². The van der Waals surface area contributed by atoms with Crippen molar-refractivity contribution in [3.8, 4) is 62.7 Å². The van der Waals surface area contributed by atoms with Crippen molar-refractivity contribution in [3.05, 3.63) is 60.7 Å². The maximum atomic E-state index is 14.8. The maximum Gasteiger partial charge on any atom is 0.203 e. The Balaban J connectivity index is 2.02. The standard InChI is InChI=1S/C27H27FN2O6/c1-31-19-9-17(10-20(14-19)32-2)25-26(16-7-8-22(33-3)21(28)11-16)30(15-29-25)18-12-23(34-4)27(36-6)24(13-18)35-5/h7-15H,1-6H3. The highest BCUT2D eigenvalue weighted by Gasteiger charge is 2.22. The van der Waals surface area contributed by atoms with Gasteiger partial charge in [-0.05, 0) is 30.3 Å². The molecule has 1 heterocycles. The lowest BCUT2D eigenvalue weighted by Gasteiger charge is -2.17. The van der Waals surface area contributed by atoms with Crippen LogP contribution in [-0.4, -0.2) is 52.2 Å². The fourth-order valence-corrected chi connectivity index (χ4v) is 4.00. The van der Waals surface area contributed by atoms with Crippen LogP contribution < -0.4 is 28.4 Å². The van der Waals surface area contributed by atoms with Gasteiger partial charge in [0, 0.05) is 29.3 Å². The summed E-state index contributed by atoms with van der Waals surface area (Å²) in [5, 5.41) is 0. The molecular weight excluding hydrogens is 467 g/mol. The van der Waals surface area contributed by atoms with Crippen LogP contribution in [0.2, 0.25) is 0 Å². The SMILES string of the molecule is COc1cc(OC)cc(-c2ncn(-c3cc(OC)c(OC)c(OC)c3)c2-c2ccc(OC)c(F)c2)c1. The molecule has 0 spiro atoms. The Hall–Kier alpha value is -4.40. The van der Waals surface area contributed by atoms with Crippen LogP contribution in [-0.2, 0) is 0 Å². The molecule has 9 heteroatoms. The summed E-state index contributed by atoms with van der Waals surface area (Å²) in [7, 11) is 9.20. The monoisotopic (exact) mass is 494 g/mol. The average Bonchev–Trinajstić information content (AvgIpc) is 3.37. The number of hydrogen-bond donors (Lipinski definition) is 0. The second-order valence-electron chi connectivity index (χ2n) is 7.65. The second kappa shape index (κ2) is 10.5. The summed E-state index contributed by atoms with van der Waals surface area (Å²) >= 11 is 0. The number of aromatic nitrogens is 2. The van der Waals surface area contributed by atoms with Gasteiger partial charge in [0.15, 0.2) is 23.1 Å². The Kier molecular flexibility index (Phi) is 7.19. The van der Waals surface area contributed by atoms with Crippen molar-refractivity contribution in [3.63, 3.8) is 0 Å². The smallest absolute Gasteiger partial charge is 0.203 e. The third-order valence-corrected chi connectivity index (χ3v) is 5.75. The van der Waals surface area contributed by atoms with Crippen LogP contribution in [0.15, 0.2) is 54.9 Å². The zero-order valence-corrected chi connectivity index (χ0v) is 20.9. The van der Waals surface area contributed by atoms with Crippen molar-refractivity contribution in [1.82, 2.24) is 9.55 Å². The normalized spacial score (nSPS) is 10.6. The van der Waals surface area contributed by atoms with E-state index < -0.39 is 5.82 Å². The lowest BCUT2D eigenvalue weighted by molar-refractivity contribution is 0.324. The van der Waals surface area contributed by atoms with Gasteiger partial charge >= 0.3 is 0 Å². The number of imidazole rings is 1. The molecule has 36 heavy (non-hydrogen) atoms. The van der Waals surface area contributed by atoms with E-state index in [2.05, 4.69) is 0 Å². The number of rotatable bonds is 9. The van der Waals surface area contributed by atoms with Crippen LogP contribution in [0.4, 0.5) is 4.39 Å². The van der Waals surface area contributed by atoms with E-state index in [0.717, 1.165) is 5.56 Å². The van der Waals surface area contributed by atoms with E-state index in [1.165, 1.54) is 20.3 Å². The summed E-state index contributed by atoms with van der Waals surface area (Å²) in [6, 6.07) is 13.8. The molecule has 0 aliphatic carbocycles. The highest BCUT2D eigenvalue weighted by molar-refractivity contribution is 5.82. The van der Waals surface area contributed by atoms with Crippen molar-refractivity contribution in [2.75, 3.05) is 42.7 Å². The Bertz CT molecular complexity index is 1340. The van der Waals surface area contributed by atoms with Crippen molar-refractivity contribution in [2.45, 2.75) is 0 Å². The molecule has 188 valence electrons. The minimum absolute atomic E-state index is 0.141. The number of halogens is 1. The number of nitrogens with zero attached hydrogens (tertiary/aromatic N) is 2. The predicted octanol–water partition coefficient (Wildman–Crippen LogP) is 5.40. The zero-order chi connectivity index (χ0) is 25.8. The Morgan fingerprint density at radius 1 is 0.639 bits per heavy atom. The van der Waals surface area contributed by atoms with Gasteiger partial charge in [0.25, 0.3) is 0 Å². The average molecular weight is 495 g/mol. The van der Waals surface area contributed by atoms with Crippen molar-refractivity contribution in [1.29, 1.82) is 0 Å². The molecule has 0 N–H and O–H groups in total. The molecule has 0 aliphatic heterocycles. The first-order valence-corrected chi connectivity index (χ1v) is 10.9. The first kappa shape index (κ1) is 24.7. The Labute approximate surface area is 208 Å². The summed E-state index contributed by atoms with van der Waals surface area (Å²) in [5.74, 6) is 2.23. The number of ether oxygens (including phenoxy) is 6. The molecular formula is C27H27FN2O6. The second-order valence-corrected chi connectivity index (χ2v) is 7.65. The molecule has 0 atom stereocenters. The van der Waals surface area contributed by atoms with Gasteiger partial charge in [-0.1, -0.05) is 0 Å². The molecule has 0 saturated carbocycles. The zero-order valence-electron chi connectivity index (χ0n) is 20.9. The first-order valence-electron chi connectivity index (χ1n) is 10.9. The lowest BCUT2D eigenvalue weighted by Crippen LogP contribution is -2.01. The Morgan fingerprint density at radius 2 is 1.25 bits per heavy atom. The van der Waals surface area contributed by atoms with E-state index in [9.17, 15) is 4.39 Å². The number of benzene rings is 3. The van der Waals surface area contributed by atoms with Gasteiger partial charge in [-0.3, -0.25) is 4.57 Å². The molecule has 4 aromatic rings. The van der Waals surface area contributed by atoms with Gasteiger partial charge in [0.05, 0.1) is 59.7 Å². The van der Waals surface area contributed by atoms with Gasteiger partial charge in [-0.25, -0.2) is 9.37 Å². The van der Waals surface area contributed by atoms with Crippen LogP contribution >= 0.6 is 0 Å². The van der Waals surface area contributed by atoms with E-state index in [-0.39, 0.29) is 5.75 Å². The summed E-state index contributed by atoms with van der Waals surface area (Å²) in [6.45, 7) is 0. The van der Waals surface area contributed by atoms with E-state index in [0.29, 0.717) is 51.4 Å². The quantitative estimate of drug-likeness (QED) is 0.309. The lowest BCUT2D eigenvalue weighted by atomic mass is 10.0. The van der Waals surface area contributed by atoms with E-state index in [1.54, 1.807) is 65.1 Å². The van der Waals surface area contributed by atoms with Crippen molar-refractivity contribution >= 4 is 0 Å². The minimum Gasteiger partial charge on any atom is -0.497 e. The molecule has 0 aliphatic rings. The third-order valence-electron chi connectivity index (χ3n) is 5.75. The van der Waals surface area contributed by atoms with E-state index in [1.807, 2.05) is 16.7 Å². The van der Waals surface area contributed by atoms with Crippen molar-refractivity contribution < 1.29 is 32.8 Å². The van der Waals surface area contributed by atoms with Crippen LogP contribution in [0.25, 0.3) is 28.2 Å². The fraction of sp³-hybridized carbons (Fsp3) is 0.222. The van der Waals surface area contributed by atoms with Crippen LogP contribution in [0.3, 0.4) is 0 Å². The van der Waals surface area contributed by atoms with E-state index in [4.69, 9.17) is 33.4 Å². The van der Waals surface area contributed by atoms with Gasteiger partial charge in [0.2, 0.25) is 5.75 Å². The van der Waals surface area contributed by atoms with Crippen LogP contribution in [0.1, 0.15) is 0 Å². The molecule has 0 fully saturated rings. The van der Waals surface area contributed by atoms with Crippen LogP contribution in [0.5, 0.6) is 34.5 Å². The molecule has 3 aromatic carbocycles. The molecule has 4 rings (SSSR count). The highest BCUT2D eigenvalue weighted by atomic mass is 19.1. The molecule has 0 bridgehead atoms. The minimum atomic E-state index is -0.498. The largest absolute Gasteiger partial charge is 0.497 e. The summed E-state index contributed by atoms with van der Waals surface area (Å²) in [5.41, 5.74) is 3.19. The maximum absolute atomic E-state index is 14.8. The Morgan fingerprint density at radius 3 is 1.75 bits per heavy atom. The third kappa shape index (κ3) is 4.47. The van der Waals surface area contributed by atoms with Gasteiger partial charge in [-0.2, -0.15) is 0 Å². The van der Waals surface area contributed by atoms with Gasteiger partial charge in [-0.15, -0.1) is 0 Å². The summed E-state index contributed by atoms with van der Waals surface area (Å²) in [4.78, 5) is 4.70. The molecule has 0 radical (unpaired) electrons. The van der Waals surface area contributed by atoms with Crippen molar-refractivity contribution in [2.24, 2.45) is 0 Å². The first-order chi connectivity index (χ1) is 17.5. The summed E-state index contributed by atoms with van der Waals surface area (Å²) < 4.78 is 49.2. The predicted molar refractivity (Wildman–Crippen MR) is 134 cm³/mol. The number of hydrogen-bond acceptors (Lipinski definition) is 7.